The minimum absolute atomic E-state index is 0.0645. The van der Waals surface area contributed by atoms with E-state index in [1.165, 1.54) is 23.6 Å². The summed E-state index contributed by atoms with van der Waals surface area (Å²) >= 11 is 7.67. The number of benzene rings is 1. The maximum Gasteiger partial charge on any atom is 0.259 e. The molecule has 1 N–H and O–H groups in total. The van der Waals surface area contributed by atoms with E-state index in [9.17, 15) is 9.18 Å². The van der Waals surface area contributed by atoms with Gasteiger partial charge in [-0.15, -0.1) is 11.3 Å². The van der Waals surface area contributed by atoms with Crippen LogP contribution in [0.15, 0.2) is 65.6 Å². The molecule has 0 aliphatic carbocycles. The van der Waals surface area contributed by atoms with Crippen molar-refractivity contribution in [2.75, 3.05) is 5.32 Å². The van der Waals surface area contributed by atoms with Crippen LogP contribution in [0.2, 0.25) is 5.02 Å². The van der Waals surface area contributed by atoms with Crippen LogP contribution in [-0.2, 0) is 0 Å². The van der Waals surface area contributed by atoms with Crippen LogP contribution in [0.25, 0.3) is 21.8 Å². The van der Waals surface area contributed by atoms with Crippen LogP contribution in [0, 0.1) is 5.82 Å². The standard InChI is InChI=1S/C19H11ClFN3O2S/c20-14-2-1-11(16-6-8-23-26-16)9-13(14)17-3-4-18(27-17)24-19(25)12-5-7-22-10-15(12)21/h1-10H,(H,24,25). The molecule has 4 aromatic rings. The molecule has 0 saturated heterocycles. The summed E-state index contributed by atoms with van der Waals surface area (Å²) < 4.78 is 18.9. The fourth-order valence-electron chi connectivity index (χ4n) is 2.52. The van der Waals surface area contributed by atoms with E-state index in [1.54, 1.807) is 24.4 Å². The summed E-state index contributed by atoms with van der Waals surface area (Å²) in [5.74, 6) is -0.578. The normalized spacial score (nSPS) is 10.7. The van der Waals surface area contributed by atoms with Crippen LogP contribution in [-0.4, -0.2) is 16.0 Å². The smallest absolute Gasteiger partial charge is 0.259 e. The second-order valence-corrected chi connectivity index (χ2v) is 7.04. The lowest BCUT2D eigenvalue weighted by molar-refractivity contribution is 0.102. The lowest BCUT2D eigenvalue weighted by atomic mass is 10.1. The zero-order chi connectivity index (χ0) is 18.8. The quantitative estimate of drug-likeness (QED) is 0.491. The first-order valence-corrected chi connectivity index (χ1v) is 9.03. The second-order valence-electron chi connectivity index (χ2n) is 5.54. The minimum Gasteiger partial charge on any atom is -0.356 e. The molecule has 3 aromatic heterocycles. The van der Waals surface area contributed by atoms with Crippen molar-refractivity contribution < 1.29 is 13.7 Å². The van der Waals surface area contributed by atoms with Gasteiger partial charge in [-0.1, -0.05) is 16.8 Å². The lowest BCUT2D eigenvalue weighted by Crippen LogP contribution is -2.12. The first kappa shape index (κ1) is 17.4. The van der Waals surface area contributed by atoms with Crippen molar-refractivity contribution in [1.82, 2.24) is 10.1 Å². The van der Waals surface area contributed by atoms with E-state index in [0.29, 0.717) is 15.8 Å². The lowest BCUT2D eigenvalue weighted by Gasteiger charge is -2.05. The summed E-state index contributed by atoms with van der Waals surface area (Å²) in [6.07, 6.45) is 3.94. The Labute approximate surface area is 162 Å². The van der Waals surface area contributed by atoms with E-state index in [1.807, 2.05) is 18.2 Å². The first-order valence-electron chi connectivity index (χ1n) is 7.83. The fraction of sp³-hybridized carbons (Fsp3) is 0. The number of aromatic nitrogens is 2. The van der Waals surface area contributed by atoms with Crippen LogP contribution in [0.5, 0.6) is 0 Å². The van der Waals surface area contributed by atoms with E-state index in [0.717, 1.165) is 22.2 Å². The molecule has 0 unspecified atom stereocenters. The van der Waals surface area contributed by atoms with Gasteiger partial charge in [0.2, 0.25) is 0 Å². The predicted octanol–water partition coefficient (Wildman–Crippen LogP) is 5.51. The molecular formula is C19H11ClFN3O2S. The van der Waals surface area contributed by atoms with E-state index in [2.05, 4.69) is 15.5 Å². The van der Waals surface area contributed by atoms with Gasteiger partial charge in [0.05, 0.1) is 23.0 Å². The number of amides is 1. The number of thiophene rings is 1. The highest BCUT2D eigenvalue weighted by atomic mass is 35.5. The summed E-state index contributed by atoms with van der Waals surface area (Å²) in [5.41, 5.74) is 1.57. The van der Waals surface area contributed by atoms with Crippen LogP contribution >= 0.6 is 22.9 Å². The Balaban J connectivity index is 1.60. The molecule has 0 atom stereocenters. The third-order valence-electron chi connectivity index (χ3n) is 3.81. The van der Waals surface area contributed by atoms with Gasteiger partial charge in [0.15, 0.2) is 11.6 Å². The Morgan fingerprint density at radius 1 is 1.15 bits per heavy atom. The Hall–Kier alpha value is -3.03. The maximum absolute atomic E-state index is 13.7. The highest BCUT2D eigenvalue weighted by Crippen LogP contribution is 2.38. The number of hydrogen-bond acceptors (Lipinski definition) is 5. The predicted molar refractivity (Wildman–Crippen MR) is 102 cm³/mol. The number of rotatable bonds is 4. The van der Waals surface area contributed by atoms with E-state index in [-0.39, 0.29) is 5.56 Å². The molecule has 0 bridgehead atoms. The van der Waals surface area contributed by atoms with Gasteiger partial charge < -0.3 is 9.84 Å². The first-order chi connectivity index (χ1) is 13.1. The molecule has 0 saturated carbocycles. The van der Waals surface area contributed by atoms with E-state index < -0.39 is 11.7 Å². The van der Waals surface area contributed by atoms with Crippen LogP contribution in [0.1, 0.15) is 10.4 Å². The fourth-order valence-corrected chi connectivity index (χ4v) is 3.73. The highest BCUT2D eigenvalue weighted by Gasteiger charge is 2.14. The largest absolute Gasteiger partial charge is 0.356 e. The number of halogens is 2. The molecular weight excluding hydrogens is 389 g/mol. The van der Waals surface area contributed by atoms with Crippen molar-refractivity contribution in [2.24, 2.45) is 0 Å². The molecule has 8 heteroatoms. The minimum atomic E-state index is -0.672. The Morgan fingerprint density at radius 2 is 2.04 bits per heavy atom. The SMILES string of the molecule is O=C(Nc1ccc(-c2cc(-c3ccno3)ccc2Cl)s1)c1ccncc1F. The molecule has 0 radical (unpaired) electrons. The second kappa shape index (κ2) is 7.30. The zero-order valence-electron chi connectivity index (χ0n) is 13.6. The van der Waals surface area contributed by atoms with E-state index in [4.69, 9.17) is 16.1 Å². The topological polar surface area (TPSA) is 68.0 Å². The monoisotopic (exact) mass is 399 g/mol. The van der Waals surface area contributed by atoms with Gasteiger partial charge in [0.25, 0.3) is 5.91 Å². The van der Waals surface area contributed by atoms with Crippen molar-refractivity contribution >= 4 is 33.8 Å². The van der Waals surface area contributed by atoms with Gasteiger partial charge in [-0.3, -0.25) is 9.78 Å². The molecule has 1 aromatic carbocycles. The number of hydrogen-bond donors (Lipinski definition) is 1. The third kappa shape index (κ3) is 3.60. The Kier molecular flexibility index (Phi) is 4.70. The van der Waals surface area contributed by atoms with Crippen molar-refractivity contribution in [3.05, 3.63) is 77.5 Å². The maximum atomic E-state index is 13.7. The van der Waals surface area contributed by atoms with Gasteiger partial charge in [0.1, 0.15) is 0 Å². The average molecular weight is 400 g/mol. The number of carbonyl (C=O) groups excluding carboxylic acids is 1. The number of nitrogens with zero attached hydrogens (tertiary/aromatic N) is 2. The Morgan fingerprint density at radius 3 is 2.81 bits per heavy atom. The zero-order valence-corrected chi connectivity index (χ0v) is 15.2. The molecule has 134 valence electrons. The molecule has 5 nitrogen and oxygen atoms in total. The number of carbonyl (C=O) groups is 1. The molecule has 27 heavy (non-hydrogen) atoms. The third-order valence-corrected chi connectivity index (χ3v) is 5.18. The van der Waals surface area contributed by atoms with Gasteiger partial charge in [-0.05, 0) is 36.4 Å². The molecule has 0 spiro atoms. The van der Waals surface area contributed by atoms with Crippen molar-refractivity contribution in [3.63, 3.8) is 0 Å². The van der Waals surface area contributed by atoms with Gasteiger partial charge in [-0.2, -0.15) is 0 Å². The van der Waals surface area contributed by atoms with Crippen LogP contribution < -0.4 is 5.32 Å². The highest BCUT2D eigenvalue weighted by molar-refractivity contribution is 7.19. The van der Waals surface area contributed by atoms with Crippen molar-refractivity contribution in [2.45, 2.75) is 0 Å². The Bertz CT molecular complexity index is 1110. The van der Waals surface area contributed by atoms with Gasteiger partial charge in [-0.25, -0.2) is 4.39 Å². The molecule has 4 rings (SSSR count). The van der Waals surface area contributed by atoms with Gasteiger partial charge >= 0.3 is 0 Å². The molecule has 0 aliphatic rings. The summed E-state index contributed by atoms with van der Waals surface area (Å²) in [6, 6.07) is 12.2. The molecule has 3 heterocycles. The van der Waals surface area contributed by atoms with Crippen molar-refractivity contribution in [1.29, 1.82) is 0 Å². The summed E-state index contributed by atoms with van der Waals surface area (Å²) in [5, 5.41) is 7.54. The van der Waals surface area contributed by atoms with Gasteiger partial charge in [0, 0.05) is 33.3 Å². The molecule has 0 aliphatic heterocycles. The number of nitrogens with one attached hydrogen (secondary N) is 1. The summed E-state index contributed by atoms with van der Waals surface area (Å²) in [6.45, 7) is 0. The number of pyridine rings is 1. The molecule has 1 amide bonds. The molecule has 0 fully saturated rings. The van der Waals surface area contributed by atoms with Crippen molar-refractivity contribution in [3.8, 4) is 21.8 Å². The summed E-state index contributed by atoms with van der Waals surface area (Å²) in [4.78, 5) is 16.7. The summed E-state index contributed by atoms with van der Waals surface area (Å²) in [7, 11) is 0. The van der Waals surface area contributed by atoms with Crippen LogP contribution in [0.4, 0.5) is 9.39 Å². The van der Waals surface area contributed by atoms with E-state index >= 15 is 0 Å². The number of anilines is 1. The average Bonchev–Trinajstić information content (AvgIpc) is 3.34. The van der Waals surface area contributed by atoms with Crippen LogP contribution in [0.3, 0.4) is 0 Å².